The van der Waals surface area contributed by atoms with Crippen molar-refractivity contribution in [3.63, 3.8) is 0 Å². The van der Waals surface area contributed by atoms with Gasteiger partial charge in [0.1, 0.15) is 8.07 Å². The van der Waals surface area contributed by atoms with E-state index in [9.17, 15) is 0 Å². The second-order valence-corrected chi connectivity index (χ2v) is 11.6. The topological polar surface area (TPSA) is 41.3 Å². The van der Waals surface area contributed by atoms with Gasteiger partial charge in [-0.15, -0.1) is 5.54 Å². The van der Waals surface area contributed by atoms with Gasteiger partial charge in [0.2, 0.25) is 0 Å². The van der Waals surface area contributed by atoms with Crippen LogP contribution < -0.4 is 11.1 Å². The Hall–Kier alpha value is -1.28. The molecule has 0 spiro atoms. The van der Waals surface area contributed by atoms with Gasteiger partial charge in [-0.05, 0) is 30.2 Å². The maximum absolute atomic E-state index is 6.18. The van der Waals surface area contributed by atoms with Crippen LogP contribution in [0.1, 0.15) is 16.7 Å². The van der Waals surface area contributed by atoms with Gasteiger partial charge in [-0.3, -0.25) is 4.90 Å². The highest BCUT2D eigenvalue weighted by molar-refractivity contribution is 6.83. The minimum Gasteiger partial charge on any atom is -0.398 e. The number of nitrogen functional groups attached to an aromatic ring is 1. The summed E-state index contributed by atoms with van der Waals surface area (Å²) in [6, 6.07) is 4.33. The van der Waals surface area contributed by atoms with Gasteiger partial charge in [0, 0.05) is 44.0 Å². The van der Waals surface area contributed by atoms with E-state index in [0.717, 1.165) is 49.5 Å². The number of piperazine rings is 1. The highest BCUT2D eigenvalue weighted by Crippen LogP contribution is 2.20. The van der Waals surface area contributed by atoms with E-state index in [1.807, 2.05) is 0 Å². The Morgan fingerprint density at radius 1 is 1.24 bits per heavy atom. The van der Waals surface area contributed by atoms with Crippen LogP contribution in [-0.4, -0.2) is 39.2 Å². The molecule has 0 radical (unpaired) electrons. The van der Waals surface area contributed by atoms with Crippen LogP contribution in [-0.2, 0) is 6.54 Å². The van der Waals surface area contributed by atoms with Crippen molar-refractivity contribution < 1.29 is 0 Å². The van der Waals surface area contributed by atoms with Crippen molar-refractivity contribution in [1.82, 2.24) is 10.2 Å². The third-order valence-electron chi connectivity index (χ3n) is 3.70. The summed E-state index contributed by atoms with van der Waals surface area (Å²) in [5, 5.41) is 3.39. The fourth-order valence-electron chi connectivity index (χ4n) is 2.40. The number of rotatable bonds is 2. The van der Waals surface area contributed by atoms with E-state index in [2.05, 4.69) is 60.4 Å². The quantitative estimate of drug-likeness (QED) is 0.500. The van der Waals surface area contributed by atoms with Crippen LogP contribution in [0, 0.1) is 18.4 Å². The molecule has 1 saturated heterocycles. The number of hydrogen-bond acceptors (Lipinski definition) is 3. The molecular formula is C17H27N3Si. The summed E-state index contributed by atoms with van der Waals surface area (Å²) in [5.74, 6) is 3.37. The largest absolute Gasteiger partial charge is 0.398 e. The first kappa shape index (κ1) is 16.1. The number of nitrogens with one attached hydrogen (secondary N) is 1. The maximum atomic E-state index is 6.18. The van der Waals surface area contributed by atoms with Crippen molar-refractivity contribution in [2.75, 3.05) is 31.9 Å². The lowest BCUT2D eigenvalue weighted by Gasteiger charge is -2.27. The van der Waals surface area contributed by atoms with E-state index in [4.69, 9.17) is 5.73 Å². The molecule has 1 aromatic carbocycles. The lowest BCUT2D eigenvalue weighted by atomic mass is 10.0. The highest BCUT2D eigenvalue weighted by atomic mass is 28.3. The Kier molecular flexibility index (Phi) is 5.10. The third-order valence-corrected chi connectivity index (χ3v) is 4.57. The minimum atomic E-state index is -1.36. The number of benzene rings is 1. The predicted molar refractivity (Wildman–Crippen MR) is 94.0 cm³/mol. The number of hydrogen-bond donors (Lipinski definition) is 2. The molecule has 3 nitrogen and oxygen atoms in total. The lowest BCUT2D eigenvalue weighted by Crippen LogP contribution is -2.42. The molecule has 1 fully saturated rings. The van der Waals surface area contributed by atoms with Gasteiger partial charge in [0.25, 0.3) is 0 Å². The second-order valence-electron chi connectivity index (χ2n) is 6.88. The molecule has 1 aliphatic rings. The smallest absolute Gasteiger partial charge is 0.129 e. The molecule has 0 unspecified atom stereocenters. The van der Waals surface area contributed by atoms with Gasteiger partial charge < -0.3 is 11.1 Å². The van der Waals surface area contributed by atoms with Crippen molar-refractivity contribution in [2.24, 2.45) is 0 Å². The zero-order chi connectivity index (χ0) is 15.5. The Morgan fingerprint density at radius 2 is 1.90 bits per heavy atom. The highest BCUT2D eigenvalue weighted by Gasteiger charge is 2.12. The van der Waals surface area contributed by atoms with Gasteiger partial charge in [-0.2, -0.15) is 0 Å². The molecule has 0 atom stereocenters. The summed E-state index contributed by atoms with van der Waals surface area (Å²) in [4.78, 5) is 2.47. The summed E-state index contributed by atoms with van der Waals surface area (Å²) in [5.41, 5.74) is 14.0. The standard InChI is InChI=1S/C17H27N3Si/c1-14-16(5-10-21(2,3)4)11-15(12-17(14)18)13-20-8-6-19-7-9-20/h11-12,19H,6-9,13,18H2,1-4H3. The maximum Gasteiger partial charge on any atom is 0.129 e. The van der Waals surface area contributed by atoms with Crippen LogP contribution in [0.25, 0.3) is 0 Å². The van der Waals surface area contributed by atoms with E-state index < -0.39 is 8.07 Å². The molecule has 1 aliphatic heterocycles. The van der Waals surface area contributed by atoms with Crippen LogP contribution in [0.3, 0.4) is 0 Å². The van der Waals surface area contributed by atoms with Crippen LogP contribution in [0.2, 0.25) is 19.6 Å². The molecule has 2 rings (SSSR count). The summed E-state index contributed by atoms with van der Waals surface area (Å²) >= 11 is 0. The van der Waals surface area contributed by atoms with Crippen LogP contribution in [0.4, 0.5) is 5.69 Å². The molecule has 3 N–H and O–H groups in total. The van der Waals surface area contributed by atoms with E-state index in [1.54, 1.807) is 0 Å². The van der Waals surface area contributed by atoms with Gasteiger partial charge in [0.05, 0.1) is 0 Å². The van der Waals surface area contributed by atoms with Crippen molar-refractivity contribution >= 4 is 13.8 Å². The Morgan fingerprint density at radius 3 is 2.52 bits per heavy atom. The fraction of sp³-hybridized carbons (Fsp3) is 0.529. The van der Waals surface area contributed by atoms with E-state index >= 15 is 0 Å². The molecule has 0 saturated carbocycles. The third kappa shape index (κ3) is 4.89. The summed E-state index contributed by atoms with van der Waals surface area (Å²) in [6.45, 7) is 14.2. The Bertz CT molecular complexity index is 558. The monoisotopic (exact) mass is 301 g/mol. The molecular weight excluding hydrogens is 274 g/mol. The lowest BCUT2D eigenvalue weighted by molar-refractivity contribution is 0.233. The van der Waals surface area contributed by atoms with E-state index in [0.29, 0.717) is 0 Å². The van der Waals surface area contributed by atoms with Gasteiger partial charge in [-0.25, -0.2) is 0 Å². The Labute approximate surface area is 129 Å². The van der Waals surface area contributed by atoms with E-state index in [1.165, 1.54) is 5.56 Å². The molecule has 4 heteroatoms. The predicted octanol–water partition coefficient (Wildman–Crippen LogP) is 2.21. The van der Waals surface area contributed by atoms with Crippen molar-refractivity contribution in [2.45, 2.75) is 33.1 Å². The van der Waals surface area contributed by atoms with Gasteiger partial charge >= 0.3 is 0 Å². The average molecular weight is 302 g/mol. The van der Waals surface area contributed by atoms with Crippen LogP contribution in [0.5, 0.6) is 0 Å². The molecule has 1 heterocycles. The molecule has 21 heavy (non-hydrogen) atoms. The summed E-state index contributed by atoms with van der Waals surface area (Å²) in [7, 11) is -1.36. The molecule has 0 amide bonds. The van der Waals surface area contributed by atoms with Crippen molar-refractivity contribution in [1.29, 1.82) is 0 Å². The first-order chi connectivity index (χ1) is 9.85. The van der Waals surface area contributed by atoms with Crippen LogP contribution in [0.15, 0.2) is 12.1 Å². The number of anilines is 1. The van der Waals surface area contributed by atoms with E-state index in [-0.39, 0.29) is 0 Å². The normalized spacial score (nSPS) is 16.4. The molecule has 1 aromatic rings. The summed E-state index contributed by atoms with van der Waals surface area (Å²) < 4.78 is 0. The molecule has 0 aromatic heterocycles. The zero-order valence-electron chi connectivity index (χ0n) is 13.7. The van der Waals surface area contributed by atoms with Gasteiger partial charge in [0.15, 0.2) is 0 Å². The summed E-state index contributed by atoms with van der Waals surface area (Å²) in [6.07, 6.45) is 0. The average Bonchev–Trinajstić information content (AvgIpc) is 2.41. The molecule has 0 aliphatic carbocycles. The van der Waals surface area contributed by atoms with Gasteiger partial charge in [-0.1, -0.05) is 25.6 Å². The molecule has 114 valence electrons. The van der Waals surface area contributed by atoms with Crippen LogP contribution >= 0.6 is 0 Å². The number of nitrogens with two attached hydrogens (primary N) is 1. The second kappa shape index (κ2) is 6.65. The first-order valence-corrected chi connectivity index (χ1v) is 11.2. The fourth-order valence-corrected chi connectivity index (χ4v) is 2.91. The van der Waals surface area contributed by atoms with Crippen molar-refractivity contribution in [3.05, 3.63) is 28.8 Å². The zero-order valence-corrected chi connectivity index (χ0v) is 14.7. The minimum absolute atomic E-state index is 0.863. The molecule has 0 bridgehead atoms. The van der Waals surface area contributed by atoms with Crippen molar-refractivity contribution in [3.8, 4) is 11.5 Å². The number of nitrogens with zero attached hydrogens (tertiary/aromatic N) is 1. The SMILES string of the molecule is Cc1c(N)cc(CN2CCNCC2)cc1C#C[Si](C)(C)C. The first-order valence-electron chi connectivity index (χ1n) is 7.70. The Balaban J connectivity index is 2.22.